The smallest absolute Gasteiger partial charge is 0.324 e. The molecule has 0 saturated heterocycles. The molecule has 3 nitrogen and oxygen atoms in total. The molecule has 51 heavy (non-hydrogen) atoms. The minimum Gasteiger partial charge on any atom is -0.324 e. The lowest BCUT2D eigenvalue weighted by Gasteiger charge is -2.12. The largest absolute Gasteiger partial charge is 0.328 e. The molecule has 0 heterocycles. The second kappa shape index (κ2) is 42.8. The molecular weight excluding hydrogens is 643 g/mol. The van der Waals surface area contributed by atoms with Crippen LogP contribution in [0.15, 0.2) is 0 Å². The first-order chi connectivity index (χ1) is 25.1. The van der Waals surface area contributed by atoms with E-state index >= 15 is 0 Å². The summed E-state index contributed by atoms with van der Waals surface area (Å²) >= 11 is 0. The van der Waals surface area contributed by atoms with Gasteiger partial charge < -0.3 is 9.42 Å². The summed E-state index contributed by atoms with van der Waals surface area (Å²) in [6.45, 7) is 4.94. The summed E-state index contributed by atoms with van der Waals surface area (Å²) in [6.07, 6.45) is 42.5. The third kappa shape index (κ3) is 44.5. The highest BCUT2D eigenvalue weighted by Gasteiger charge is 2.17. The normalized spacial score (nSPS) is 11.7. The lowest BCUT2D eigenvalue weighted by Crippen LogP contribution is -1.97. The highest BCUT2D eigenvalue weighted by molar-refractivity contribution is 7.52. The van der Waals surface area contributed by atoms with Gasteiger partial charge in [0.1, 0.15) is 0 Å². The summed E-state index contributed by atoms with van der Waals surface area (Å²) in [6, 6.07) is 0. The van der Waals surface area contributed by atoms with Crippen molar-refractivity contribution >= 4 is 7.60 Å². The zero-order valence-electron chi connectivity index (χ0n) is 33.9. The average molecular weight is 725 g/mol. The lowest BCUT2D eigenvalue weighted by atomic mass is 10.1. The monoisotopic (exact) mass is 725 g/mol. The third-order valence-corrected chi connectivity index (χ3v) is 11.0. The van der Waals surface area contributed by atoms with Crippen LogP contribution >= 0.6 is 7.60 Å². The molecule has 0 aliphatic heterocycles. The van der Waals surface area contributed by atoms with E-state index in [9.17, 15) is 9.46 Å². The predicted molar refractivity (Wildman–Crippen MR) is 225 cm³/mol. The van der Waals surface area contributed by atoms with Gasteiger partial charge in [0, 0.05) is 31.8 Å². The SMILES string of the molecule is CCCCCCCCCCC#CC#CCCCCCCCCCCP(=O)(O)OCCCCCCCCCC#CC#CCCCCCCCCCC. The van der Waals surface area contributed by atoms with Gasteiger partial charge in [-0.15, -0.1) is 0 Å². The fourth-order valence-electron chi connectivity index (χ4n) is 6.18. The molecule has 0 fully saturated rings. The van der Waals surface area contributed by atoms with Gasteiger partial charge in [0.25, 0.3) is 0 Å². The van der Waals surface area contributed by atoms with Gasteiger partial charge in [-0.3, -0.25) is 4.57 Å². The molecule has 0 saturated carbocycles. The van der Waals surface area contributed by atoms with Crippen molar-refractivity contribution in [3.05, 3.63) is 0 Å². The Balaban J connectivity index is 3.44. The van der Waals surface area contributed by atoms with Crippen LogP contribution in [-0.2, 0) is 9.09 Å². The van der Waals surface area contributed by atoms with Crippen molar-refractivity contribution in [2.24, 2.45) is 0 Å². The van der Waals surface area contributed by atoms with E-state index < -0.39 is 7.60 Å². The van der Waals surface area contributed by atoms with Crippen LogP contribution in [0.1, 0.15) is 239 Å². The molecule has 0 rings (SSSR count). The Morgan fingerprint density at radius 3 is 0.941 bits per heavy atom. The first kappa shape index (κ1) is 49.4. The topological polar surface area (TPSA) is 46.5 Å². The van der Waals surface area contributed by atoms with E-state index in [4.69, 9.17) is 4.52 Å². The standard InChI is InChI=1S/C47H81O3P/c1-3-5-7-9-11-13-15-17-19-21-23-25-27-29-31-33-35-37-39-41-43-45-47-51(48,49)50-46-44-42-40-38-36-34-32-30-28-26-24-22-20-18-16-14-12-10-8-6-4-2/h3-20,29-47H2,1-2H3,(H,48,49). The summed E-state index contributed by atoms with van der Waals surface area (Å²) in [7, 11) is -3.43. The summed E-state index contributed by atoms with van der Waals surface area (Å²) < 4.78 is 17.7. The molecule has 0 aromatic rings. The van der Waals surface area contributed by atoms with Crippen molar-refractivity contribution in [3.8, 4) is 47.4 Å². The summed E-state index contributed by atoms with van der Waals surface area (Å²) in [5.41, 5.74) is 0. The highest BCUT2D eigenvalue weighted by atomic mass is 31.2. The molecule has 1 unspecified atom stereocenters. The lowest BCUT2D eigenvalue weighted by molar-refractivity contribution is 0.251. The van der Waals surface area contributed by atoms with Gasteiger partial charge in [0.05, 0.1) is 6.61 Å². The van der Waals surface area contributed by atoms with Crippen LogP contribution < -0.4 is 0 Å². The van der Waals surface area contributed by atoms with Crippen molar-refractivity contribution in [2.45, 2.75) is 239 Å². The maximum atomic E-state index is 12.3. The molecule has 0 aromatic carbocycles. The molecule has 0 aliphatic rings. The fourth-order valence-corrected chi connectivity index (χ4v) is 7.34. The fraction of sp³-hybridized carbons (Fsp3) is 0.830. The van der Waals surface area contributed by atoms with Crippen LogP contribution in [0.5, 0.6) is 0 Å². The predicted octanol–water partition coefficient (Wildman–Crippen LogP) is 14.9. The minimum atomic E-state index is -3.43. The maximum absolute atomic E-state index is 12.3. The zero-order valence-corrected chi connectivity index (χ0v) is 34.8. The van der Waals surface area contributed by atoms with Crippen LogP contribution in [0.2, 0.25) is 0 Å². The minimum absolute atomic E-state index is 0.293. The Hall–Kier alpha value is -1.61. The molecule has 1 N–H and O–H groups in total. The molecule has 0 bridgehead atoms. The van der Waals surface area contributed by atoms with Gasteiger partial charge in [-0.1, -0.05) is 198 Å². The van der Waals surface area contributed by atoms with Gasteiger partial charge >= 0.3 is 7.60 Å². The summed E-state index contributed by atoms with van der Waals surface area (Å²) in [4.78, 5) is 10.1. The van der Waals surface area contributed by atoms with E-state index in [0.29, 0.717) is 12.8 Å². The molecule has 0 amide bonds. The molecule has 0 radical (unpaired) electrons. The van der Waals surface area contributed by atoms with E-state index in [1.165, 1.54) is 148 Å². The van der Waals surface area contributed by atoms with Crippen molar-refractivity contribution in [2.75, 3.05) is 12.8 Å². The van der Waals surface area contributed by atoms with Gasteiger partial charge in [0.15, 0.2) is 0 Å². The van der Waals surface area contributed by atoms with Crippen molar-refractivity contribution in [1.29, 1.82) is 0 Å². The Bertz CT molecular complexity index is 954. The number of hydrogen-bond donors (Lipinski definition) is 1. The van der Waals surface area contributed by atoms with Crippen molar-refractivity contribution in [1.82, 2.24) is 0 Å². The van der Waals surface area contributed by atoms with Crippen LogP contribution in [0.4, 0.5) is 0 Å². The van der Waals surface area contributed by atoms with E-state index in [2.05, 4.69) is 61.2 Å². The molecule has 0 aromatic heterocycles. The van der Waals surface area contributed by atoms with E-state index in [1.54, 1.807) is 0 Å². The molecule has 292 valence electrons. The van der Waals surface area contributed by atoms with Gasteiger partial charge in [0.2, 0.25) is 0 Å². The van der Waals surface area contributed by atoms with Crippen molar-refractivity contribution < 1.29 is 14.0 Å². The van der Waals surface area contributed by atoms with E-state index in [1.807, 2.05) is 0 Å². The third-order valence-electron chi connectivity index (χ3n) is 9.52. The number of hydrogen-bond acceptors (Lipinski definition) is 2. The maximum Gasteiger partial charge on any atom is 0.328 e. The Kier molecular flexibility index (Phi) is 41.4. The Morgan fingerprint density at radius 2 is 0.627 bits per heavy atom. The van der Waals surface area contributed by atoms with Crippen LogP contribution in [0.25, 0.3) is 0 Å². The first-order valence-electron chi connectivity index (χ1n) is 22.0. The Morgan fingerprint density at radius 1 is 0.373 bits per heavy atom. The van der Waals surface area contributed by atoms with Gasteiger partial charge in [-0.2, -0.15) is 0 Å². The average Bonchev–Trinajstić information content (AvgIpc) is 3.12. The molecular formula is C47H81O3P. The number of unbranched alkanes of at least 4 members (excludes halogenated alkanes) is 31. The number of rotatable bonds is 36. The Labute approximate surface area is 319 Å². The van der Waals surface area contributed by atoms with E-state index in [0.717, 1.165) is 77.0 Å². The van der Waals surface area contributed by atoms with Gasteiger partial charge in [-0.25, -0.2) is 0 Å². The van der Waals surface area contributed by atoms with Crippen molar-refractivity contribution in [3.63, 3.8) is 0 Å². The van der Waals surface area contributed by atoms with Crippen LogP contribution in [-0.4, -0.2) is 17.7 Å². The van der Waals surface area contributed by atoms with E-state index in [-0.39, 0.29) is 0 Å². The molecule has 0 aliphatic carbocycles. The molecule has 1 atom stereocenters. The zero-order chi connectivity index (χ0) is 37.0. The second-order valence-corrected chi connectivity index (χ2v) is 16.6. The second-order valence-electron chi connectivity index (χ2n) is 14.7. The first-order valence-corrected chi connectivity index (χ1v) is 23.8. The van der Waals surface area contributed by atoms with Crippen LogP contribution in [0, 0.1) is 47.4 Å². The highest BCUT2D eigenvalue weighted by Crippen LogP contribution is 2.43. The quantitative estimate of drug-likeness (QED) is 0.0397. The molecule has 0 spiro atoms. The summed E-state index contributed by atoms with van der Waals surface area (Å²) in [5.74, 6) is 24.9. The van der Waals surface area contributed by atoms with Crippen LogP contribution in [0.3, 0.4) is 0 Å². The van der Waals surface area contributed by atoms with Gasteiger partial charge in [-0.05, 0) is 62.2 Å². The summed E-state index contributed by atoms with van der Waals surface area (Å²) in [5, 5.41) is 0. The molecule has 4 heteroatoms.